The van der Waals surface area contributed by atoms with E-state index < -0.39 is 20.5 Å². The average molecular weight is 730 g/mol. The third-order valence-corrected chi connectivity index (χ3v) is 4.58. The Kier molecular flexibility index (Phi) is 29.2. The Morgan fingerprint density at radius 1 is 0.622 bits per heavy atom. The van der Waals surface area contributed by atoms with E-state index in [-0.39, 0.29) is 28.0 Å². The van der Waals surface area contributed by atoms with Crippen LogP contribution in [0.1, 0.15) is 38.8 Å². The Morgan fingerprint density at radius 2 is 0.933 bits per heavy atom. The fourth-order valence-corrected chi connectivity index (χ4v) is 2.87. The van der Waals surface area contributed by atoms with Crippen molar-refractivity contribution in [2.75, 3.05) is 52.5 Å². The maximum absolute atomic E-state index is 11.9. The fourth-order valence-electron chi connectivity index (χ4n) is 2.87. The summed E-state index contributed by atoms with van der Waals surface area (Å²) in [5.74, 6) is 0.628. The molecule has 0 fully saturated rings. The maximum Gasteiger partial charge on any atom is 2.00 e. The van der Waals surface area contributed by atoms with Gasteiger partial charge in [-0.3, -0.25) is 9.98 Å². The standard InChI is InChI=1S/2C13H20N2O2.2ClHO4.Ni/c2*1-3-14-8-9-15-10-11-6-5-7-12(13(11)16)17-4-2;2*2-1(3,4)5;/h2*5-7,10,14,16H,3-4,8-9H2,1-2H3;2*(H,2,3,4,5);/q;;;;+2/p-2. The molecule has 4 N–H and O–H groups in total. The van der Waals surface area contributed by atoms with Crippen molar-refractivity contribution >= 4 is 12.4 Å². The molecule has 2 aromatic rings. The van der Waals surface area contributed by atoms with Crippen molar-refractivity contribution in [3.8, 4) is 23.0 Å². The summed E-state index contributed by atoms with van der Waals surface area (Å²) in [6, 6.07) is 10.5. The van der Waals surface area contributed by atoms with E-state index in [4.69, 9.17) is 46.7 Å². The molecule has 0 amide bonds. The van der Waals surface area contributed by atoms with Gasteiger partial charge in [-0.1, -0.05) is 35.8 Å². The van der Waals surface area contributed by atoms with Crippen LogP contribution in [-0.4, -0.2) is 64.9 Å². The minimum atomic E-state index is -4.94. The third kappa shape index (κ3) is 31.4. The first-order valence-electron chi connectivity index (χ1n) is 13.3. The van der Waals surface area contributed by atoms with Gasteiger partial charge in [0.05, 0.1) is 52.5 Å². The van der Waals surface area contributed by atoms with E-state index in [0.717, 1.165) is 39.3 Å². The quantitative estimate of drug-likeness (QED) is 0.104. The summed E-state index contributed by atoms with van der Waals surface area (Å²) in [6.45, 7) is 14.4. The number of hydrogen-bond acceptors (Lipinski definition) is 14. The van der Waals surface area contributed by atoms with Gasteiger partial charge < -0.3 is 30.3 Å². The van der Waals surface area contributed by atoms with Gasteiger partial charge in [-0.05, 0) is 51.0 Å². The van der Waals surface area contributed by atoms with Gasteiger partial charge in [0.15, 0.2) is 0 Å². The number of quaternary nitrogens is 2. The summed E-state index contributed by atoms with van der Waals surface area (Å²) >= 11 is 0. The van der Waals surface area contributed by atoms with Crippen molar-refractivity contribution in [1.29, 1.82) is 0 Å². The van der Waals surface area contributed by atoms with E-state index in [1.165, 1.54) is 0 Å². The predicted molar refractivity (Wildman–Crippen MR) is 134 cm³/mol. The van der Waals surface area contributed by atoms with Crippen LogP contribution in [0.25, 0.3) is 0 Å². The summed E-state index contributed by atoms with van der Waals surface area (Å²) in [5, 5.41) is 28.1. The van der Waals surface area contributed by atoms with Crippen molar-refractivity contribution in [1.82, 2.24) is 0 Å². The molecule has 0 aliphatic rings. The van der Waals surface area contributed by atoms with E-state index in [1.807, 2.05) is 26.0 Å². The van der Waals surface area contributed by atoms with Crippen LogP contribution >= 0.6 is 0 Å². The molecule has 0 spiro atoms. The molecule has 0 unspecified atom stereocenters. The maximum atomic E-state index is 11.9. The molecule has 16 nitrogen and oxygen atoms in total. The zero-order chi connectivity index (χ0) is 34.0. The third-order valence-electron chi connectivity index (χ3n) is 4.58. The van der Waals surface area contributed by atoms with Gasteiger partial charge in [0.1, 0.15) is 11.5 Å². The largest absolute Gasteiger partial charge is 2.00 e. The first-order chi connectivity index (χ1) is 20.6. The Labute approximate surface area is 277 Å². The normalized spacial score (nSPS) is 10.9. The Balaban J connectivity index is -0.000000594. The molecule has 19 heteroatoms. The molecule has 2 rings (SSSR count). The summed E-state index contributed by atoms with van der Waals surface area (Å²) in [6.07, 6.45) is 3.27. The number of aliphatic imine (C=N–C) groups is 2. The molecular formula is C26H40Cl2N4NiO12. The zero-order valence-electron chi connectivity index (χ0n) is 25.3. The number of rotatable bonds is 14. The number of nitrogens with zero attached hydrogens (tertiary/aromatic N) is 2. The SMILES string of the molecule is CC[NH2+]CCN=Cc1cccc(OCC)c1[O-].CC[NH2+]CCN=Cc1cccc(OCC)c1[O-].[Ni+2].[O-][Cl+3]([O-])([O-])[O-].[O-][Cl+3]([O-])([O-])[O-]. The number of halogens is 2. The van der Waals surface area contributed by atoms with Crippen molar-refractivity contribution in [2.45, 2.75) is 27.7 Å². The van der Waals surface area contributed by atoms with Crippen LogP contribution in [0, 0.1) is 20.5 Å². The topological polar surface area (TPSA) is 307 Å². The number of hydrogen-bond donors (Lipinski definition) is 2. The summed E-state index contributed by atoms with van der Waals surface area (Å²) in [5.41, 5.74) is 1.18. The molecule has 0 saturated heterocycles. The second-order valence-corrected chi connectivity index (χ2v) is 9.52. The van der Waals surface area contributed by atoms with E-state index in [0.29, 0.717) is 35.8 Å². The van der Waals surface area contributed by atoms with Gasteiger partial charge in [-0.25, -0.2) is 37.3 Å². The molecule has 0 radical (unpaired) electrons. The Bertz CT molecular complexity index is 980. The minimum Gasteiger partial charge on any atom is -0.870 e. The molecule has 0 saturated carbocycles. The van der Waals surface area contributed by atoms with Gasteiger partial charge >= 0.3 is 16.5 Å². The van der Waals surface area contributed by atoms with Crippen LogP contribution in [0.3, 0.4) is 0 Å². The second-order valence-electron chi connectivity index (χ2n) is 8.01. The van der Waals surface area contributed by atoms with Crippen LogP contribution in [0.2, 0.25) is 0 Å². The average Bonchev–Trinajstić information content (AvgIpc) is 2.91. The van der Waals surface area contributed by atoms with E-state index >= 15 is 0 Å². The number of benzene rings is 2. The van der Waals surface area contributed by atoms with Crippen molar-refractivity contribution in [3.63, 3.8) is 0 Å². The Morgan fingerprint density at radius 3 is 1.20 bits per heavy atom. The molecule has 0 aliphatic carbocycles. The summed E-state index contributed by atoms with van der Waals surface area (Å²) < 4.78 is 78.4. The van der Waals surface area contributed by atoms with E-state index in [1.54, 1.807) is 36.7 Å². The van der Waals surface area contributed by atoms with Gasteiger partial charge in [-0.15, -0.1) is 20.5 Å². The fraction of sp³-hybridized carbons (Fsp3) is 0.462. The summed E-state index contributed by atoms with van der Waals surface area (Å²) in [4.78, 5) is 8.46. The van der Waals surface area contributed by atoms with Crippen molar-refractivity contribution in [3.05, 3.63) is 47.5 Å². The van der Waals surface area contributed by atoms with Crippen molar-refractivity contribution in [2.24, 2.45) is 9.98 Å². The van der Waals surface area contributed by atoms with Gasteiger partial charge in [0.2, 0.25) is 0 Å². The van der Waals surface area contributed by atoms with Crippen LogP contribution in [0.5, 0.6) is 23.0 Å². The van der Waals surface area contributed by atoms with Crippen LogP contribution in [0.15, 0.2) is 46.4 Å². The van der Waals surface area contributed by atoms with Crippen LogP contribution in [0.4, 0.5) is 0 Å². The summed E-state index contributed by atoms with van der Waals surface area (Å²) in [7, 11) is -9.89. The number of nitrogens with two attached hydrogens (primary N) is 2. The predicted octanol–water partition coefficient (Wildman–Crippen LogP) is -9.19. The van der Waals surface area contributed by atoms with E-state index in [2.05, 4.69) is 34.5 Å². The molecule has 45 heavy (non-hydrogen) atoms. The monoisotopic (exact) mass is 728 g/mol. The minimum absolute atomic E-state index is 0. The number of likely N-dealkylation sites (N-methyl/N-ethyl adjacent to an activating group) is 2. The van der Waals surface area contributed by atoms with Gasteiger partial charge in [0, 0.05) is 12.4 Å². The zero-order valence-corrected chi connectivity index (χ0v) is 27.8. The second kappa shape index (κ2) is 27.9. The van der Waals surface area contributed by atoms with Crippen LogP contribution < -0.4 is 67.6 Å². The molecular weight excluding hydrogens is 690 g/mol. The number of para-hydroxylation sites is 2. The molecule has 2 aromatic carbocycles. The van der Waals surface area contributed by atoms with Crippen LogP contribution in [-0.2, 0) is 16.5 Å². The molecule has 0 aliphatic heterocycles. The Hall–Kier alpha value is -2.35. The molecule has 0 heterocycles. The molecule has 260 valence electrons. The molecule has 0 bridgehead atoms. The van der Waals surface area contributed by atoms with E-state index in [9.17, 15) is 10.2 Å². The first kappa shape index (κ1) is 47.1. The van der Waals surface area contributed by atoms with Gasteiger partial charge in [-0.2, -0.15) is 0 Å². The number of ether oxygens (including phenoxy) is 2. The first-order valence-corrected chi connectivity index (χ1v) is 15.8. The smallest absolute Gasteiger partial charge is 0.870 e. The molecule has 0 aromatic heterocycles. The van der Waals surface area contributed by atoms with Crippen molar-refractivity contribution < 1.29 is 105 Å². The van der Waals surface area contributed by atoms with Gasteiger partial charge in [0.25, 0.3) is 0 Å². The molecule has 0 atom stereocenters.